The summed E-state index contributed by atoms with van der Waals surface area (Å²) >= 11 is 8.00. The molecule has 112 valence electrons. The van der Waals surface area contributed by atoms with Crippen LogP contribution in [-0.4, -0.2) is 12.9 Å². The van der Waals surface area contributed by atoms with Crippen LogP contribution in [0.2, 0.25) is 5.02 Å². The number of hydrogen-bond acceptors (Lipinski definition) is 3. The van der Waals surface area contributed by atoms with E-state index in [4.69, 9.17) is 16.3 Å². The summed E-state index contributed by atoms with van der Waals surface area (Å²) in [7, 11) is 1.59. The summed E-state index contributed by atoms with van der Waals surface area (Å²) in [4.78, 5) is 12.5. The van der Waals surface area contributed by atoms with Crippen LogP contribution in [0.4, 0.5) is 0 Å². The summed E-state index contributed by atoms with van der Waals surface area (Å²) in [5.41, 5.74) is 2.82. The quantitative estimate of drug-likeness (QED) is 0.607. The maximum Gasteiger partial charge on any atom is 0.167 e. The Morgan fingerprint density at radius 1 is 1.18 bits per heavy atom. The highest BCUT2D eigenvalue weighted by atomic mass is 35.5. The van der Waals surface area contributed by atoms with Gasteiger partial charge in [-0.25, -0.2) is 0 Å². The van der Waals surface area contributed by atoms with Crippen LogP contribution in [0.3, 0.4) is 0 Å². The summed E-state index contributed by atoms with van der Waals surface area (Å²) in [6.45, 7) is 2.01. The normalized spacial score (nSPS) is 10.9. The van der Waals surface area contributed by atoms with Gasteiger partial charge in [0.25, 0.3) is 0 Å². The van der Waals surface area contributed by atoms with Crippen molar-refractivity contribution in [2.24, 2.45) is 0 Å². The van der Waals surface area contributed by atoms with Crippen molar-refractivity contribution in [2.75, 3.05) is 7.11 Å². The Morgan fingerprint density at radius 2 is 1.91 bits per heavy atom. The van der Waals surface area contributed by atoms with E-state index in [1.807, 2.05) is 48.7 Å². The Labute approximate surface area is 138 Å². The molecule has 0 unspecified atom stereocenters. The molecular formula is C18H15ClO2S. The first-order valence-corrected chi connectivity index (χ1v) is 8.18. The van der Waals surface area contributed by atoms with Crippen molar-refractivity contribution in [2.45, 2.75) is 13.3 Å². The third kappa shape index (κ3) is 2.74. The van der Waals surface area contributed by atoms with E-state index in [1.54, 1.807) is 18.4 Å². The molecule has 0 aliphatic rings. The molecule has 0 radical (unpaired) electrons. The van der Waals surface area contributed by atoms with Crippen molar-refractivity contribution in [3.63, 3.8) is 0 Å². The van der Waals surface area contributed by atoms with Crippen LogP contribution in [-0.2, 0) is 6.42 Å². The molecule has 0 fully saturated rings. The highest BCUT2D eigenvalue weighted by Crippen LogP contribution is 2.38. The lowest BCUT2D eigenvalue weighted by Gasteiger charge is -2.06. The Bertz CT molecular complexity index is 834. The molecule has 0 aliphatic carbocycles. The fraction of sp³-hybridized carbons (Fsp3) is 0.167. The van der Waals surface area contributed by atoms with Gasteiger partial charge in [0, 0.05) is 22.1 Å². The van der Waals surface area contributed by atoms with Crippen LogP contribution in [0, 0.1) is 6.92 Å². The first-order valence-electron chi connectivity index (χ1n) is 6.92. The molecule has 22 heavy (non-hydrogen) atoms. The van der Waals surface area contributed by atoms with E-state index >= 15 is 0 Å². The second kappa shape index (κ2) is 6.11. The van der Waals surface area contributed by atoms with Crippen LogP contribution in [0.1, 0.15) is 21.5 Å². The van der Waals surface area contributed by atoms with E-state index in [-0.39, 0.29) is 5.78 Å². The van der Waals surface area contributed by atoms with Gasteiger partial charge >= 0.3 is 0 Å². The van der Waals surface area contributed by atoms with Gasteiger partial charge < -0.3 is 4.74 Å². The van der Waals surface area contributed by atoms with E-state index in [0.717, 1.165) is 26.8 Å². The molecule has 0 saturated heterocycles. The number of carbonyl (C=O) groups excluding carboxylic acids is 1. The predicted octanol–water partition coefficient (Wildman–Crippen LogP) is 5.30. The number of halogens is 1. The molecule has 2 aromatic carbocycles. The van der Waals surface area contributed by atoms with Gasteiger partial charge in [-0.1, -0.05) is 41.4 Å². The molecule has 0 atom stereocenters. The third-order valence-electron chi connectivity index (χ3n) is 3.66. The molecule has 3 aromatic rings. The summed E-state index contributed by atoms with van der Waals surface area (Å²) in [6.07, 6.45) is 0.343. The van der Waals surface area contributed by atoms with E-state index in [2.05, 4.69) is 0 Å². The zero-order chi connectivity index (χ0) is 15.7. The molecule has 0 saturated carbocycles. The molecule has 0 amide bonds. The number of hydrogen-bond donors (Lipinski definition) is 0. The number of aryl methyl sites for hydroxylation is 1. The largest absolute Gasteiger partial charge is 0.495 e. The van der Waals surface area contributed by atoms with Crippen LogP contribution in [0.25, 0.3) is 10.1 Å². The van der Waals surface area contributed by atoms with Gasteiger partial charge in [-0.05, 0) is 30.0 Å². The van der Waals surface area contributed by atoms with Crippen LogP contribution in [0.15, 0.2) is 41.8 Å². The fourth-order valence-corrected chi connectivity index (χ4v) is 3.82. The number of fused-ring (bicyclic) bond motifs is 1. The molecule has 3 rings (SSSR count). The highest BCUT2D eigenvalue weighted by Gasteiger charge is 2.15. The zero-order valence-electron chi connectivity index (χ0n) is 12.4. The fourth-order valence-electron chi connectivity index (χ4n) is 2.43. The van der Waals surface area contributed by atoms with Crippen LogP contribution in [0.5, 0.6) is 5.75 Å². The Hall–Kier alpha value is -1.84. The predicted molar refractivity (Wildman–Crippen MR) is 92.6 cm³/mol. The maximum absolute atomic E-state index is 12.5. The van der Waals surface area contributed by atoms with E-state index in [1.165, 1.54) is 0 Å². The van der Waals surface area contributed by atoms with Gasteiger partial charge in [0.15, 0.2) is 5.78 Å². The zero-order valence-corrected chi connectivity index (χ0v) is 13.9. The van der Waals surface area contributed by atoms with Crippen molar-refractivity contribution >= 4 is 38.8 Å². The van der Waals surface area contributed by atoms with E-state index in [9.17, 15) is 4.79 Å². The highest BCUT2D eigenvalue weighted by molar-refractivity contribution is 7.17. The molecule has 0 N–H and O–H groups in total. The molecule has 0 aliphatic heterocycles. The first-order chi connectivity index (χ1) is 10.6. The average molecular weight is 331 g/mol. The van der Waals surface area contributed by atoms with Gasteiger partial charge in [0.2, 0.25) is 0 Å². The van der Waals surface area contributed by atoms with Gasteiger partial charge in [0.1, 0.15) is 5.75 Å². The van der Waals surface area contributed by atoms with E-state index < -0.39 is 0 Å². The minimum atomic E-state index is 0.0959. The van der Waals surface area contributed by atoms with Crippen LogP contribution < -0.4 is 4.74 Å². The lowest BCUT2D eigenvalue weighted by Crippen LogP contribution is -2.03. The molecular weight excluding hydrogens is 316 g/mol. The number of benzene rings is 2. The number of thiophene rings is 1. The number of ketones is 1. The number of ether oxygens (including phenoxy) is 1. The average Bonchev–Trinajstić information content (AvgIpc) is 2.92. The van der Waals surface area contributed by atoms with Gasteiger partial charge in [-0.2, -0.15) is 0 Å². The smallest absolute Gasteiger partial charge is 0.167 e. The van der Waals surface area contributed by atoms with Gasteiger partial charge in [-0.15, -0.1) is 11.3 Å². The second-order valence-corrected chi connectivity index (χ2v) is 6.47. The molecule has 0 spiro atoms. The molecule has 1 aromatic heterocycles. The maximum atomic E-state index is 12.5. The van der Waals surface area contributed by atoms with Crippen molar-refractivity contribution in [3.05, 3.63) is 63.5 Å². The minimum absolute atomic E-state index is 0.0959. The van der Waals surface area contributed by atoms with Crippen molar-refractivity contribution in [1.29, 1.82) is 0 Å². The monoisotopic (exact) mass is 330 g/mol. The number of rotatable bonds is 4. The standard InChI is InChI=1S/C18H15ClO2S/c1-11-3-5-12(6-4-11)14(20)9-13-10-22-16-8-7-15(21-2)18(19)17(13)16/h3-8,10H,9H2,1-2H3. The summed E-state index contributed by atoms with van der Waals surface area (Å²) in [5, 5.41) is 3.50. The Kier molecular flexibility index (Phi) is 4.19. The summed E-state index contributed by atoms with van der Waals surface area (Å²) in [6, 6.07) is 11.5. The SMILES string of the molecule is COc1ccc2scc(CC(=O)c3ccc(C)cc3)c2c1Cl. The van der Waals surface area contributed by atoms with Crippen molar-refractivity contribution in [1.82, 2.24) is 0 Å². The van der Waals surface area contributed by atoms with Gasteiger partial charge in [0.05, 0.1) is 12.1 Å². The molecule has 4 heteroatoms. The lowest BCUT2D eigenvalue weighted by molar-refractivity contribution is 0.0993. The lowest BCUT2D eigenvalue weighted by atomic mass is 10.0. The van der Waals surface area contributed by atoms with Gasteiger partial charge in [-0.3, -0.25) is 4.79 Å². The summed E-state index contributed by atoms with van der Waals surface area (Å²) < 4.78 is 6.34. The number of Topliss-reactive ketones (excluding diaryl/α,β-unsaturated/α-hetero) is 1. The second-order valence-electron chi connectivity index (χ2n) is 5.18. The van der Waals surface area contributed by atoms with Crippen molar-refractivity contribution < 1.29 is 9.53 Å². The third-order valence-corrected chi connectivity index (χ3v) is 5.03. The molecule has 2 nitrogen and oxygen atoms in total. The Balaban J connectivity index is 1.97. The molecule has 1 heterocycles. The van der Waals surface area contributed by atoms with Crippen LogP contribution >= 0.6 is 22.9 Å². The number of methoxy groups -OCH3 is 1. The van der Waals surface area contributed by atoms with E-state index in [0.29, 0.717) is 17.2 Å². The minimum Gasteiger partial charge on any atom is -0.495 e. The molecule has 0 bridgehead atoms. The summed E-state index contributed by atoms with van der Waals surface area (Å²) in [5.74, 6) is 0.732. The number of carbonyl (C=O) groups is 1. The Morgan fingerprint density at radius 3 is 2.59 bits per heavy atom. The van der Waals surface area contributed by atoms with Crippen molar-refractivity contribution in [3.8, 4) is 5.75 Å². The topological polar surface area (TPSA) is 26.3 Å². The first kappa shape index (κ1) is 15.1.